The molecule has 1 heterocycles. The minimum absolute atomic E-state index is 0.108. The Morgan fingerprint density at radius 3 is 2.35 bits per heavy atom. The quantitative estimate of drug-likeness (QED) is 0.674. The van der Waals surface area contributed by atoms with Crippen molar-refractivity contribution in [1.82, 2.24) is 14.7 Å². The van der Waals surface area contributed by atoms with E-state index in [0.717, 1.165) is 11.3 Å². The number of carbonyl (C=O) groups is 1. The highest BCUT2D eigenvalue weighted by molar-refractivity contribution is 6.30. The maximum absolute atomic E-state index is 13.2. The molecule has 1 amide bonds. The molecular weight excluding hydrogens is 353 g/mol. The Morgan fingerprint density at radius 2 is 1.73 bits per heavy atom. The highest BCUT2D eigenvalue weighted by atomic mass is 35.5. The summed E-state index contributed by atoms with van der Waals surface area (Å²) in [4.78, 5) is 14.6. The number of aryl methyl sites for hydroxylation is 1. The maximum atomic E-state index is 13.2. The molecule has 0 radical (unpaired) electrons. The molecule has 0 aliphatic heterocycles. The number of halogens is 2. The summed E-state index contributed by atoms with van der Waals surface area (Å²) in [6.07, 6.45) is 0. The first-order chi connectivity index (χ1) is 12.4. The minimum atomic E-state index is -0.311. The van der Waals surface area contributed by atoms with Gasteiger partial charge in [-0.25, -0.2) is 9.07 Å². The molecule has 0 unspecified atom stereocenters. The molecule has 0 N–H and O–H groups in total. The van der Waals surface area contributed by atoms with E-state index in [1.54, 1.807) is 47.8 Å². The van der Waals surface area contributed by atoms with Gasteiger partial charge in [-0.1, -0.05) is 23.7 Å². The Kier molecular flexibility index (Phi) is 5.09. The van der Waals surface area contributed by atoms with Crippen molar-refractivity contribution in [3.05, 3.63) is 81.9 Å². The molecule has 4 nitrogen and oxygen atoms in total. The Bertz CT molecular complexity index is 933. The summed E-state index contributed by atoms with van der Waals surface area (Å²) >= 11 is 5.90. The van der Waals surface area contributed by atoms with E-state index < -0.39 is 0 Å². The summed E-state index contributed by atoms with van der Waals surface area (Å²) in [5, 5.41) is 5.12. The molecule has 0 fully saturated rings. The van der Waals surface area contributed by atoms with Crippen molar-refractivity contribution in [2.75, 3.05) is 7.05 Å². The lowest BCUT2D eigenvalue weighted by Gasteiger charge is -2.17. The molecule has 6 heteroatoms. The Morgan fingerprint density at radius 1 is 1.12 bits per heavy atom. The summed E-state index contributed by atoms with van der Waals surface area (Å²) < 4.78 is 14.8. The van der Waals surface area contributed by atoms with Crippen LogP contribution in [0, 0.1) is 19.7 Å². The molecule has 0 saturated carbocycles. The monoisotopic (exact) mass is 371 g/mol. The Hall–Kier alpha value is -2.66. The van der Waals surface area contributed by atoms with Gasteiger partial charge in [0.25, 0.3) is 5.91 Å². The molecule has 0 aliphatic rings. The number of hydrogen-bond acceptors (Lipinski definition) is 2. The van der Waals surface area contributed by atoms with Gasteiger partial charge in [0.15, 0.2) is 0 Å². The Labute approximate surface area is 156 Å². The zero-order valence-corrected chi connectivity index (χ0v) is 15.6. The van der Waals surface area contributed by atoms with Crippen LogP contribution in [0.3, 0.4) is 0 Å². The van der Waals surface area contributed by atoms with Crippen LogP contribution in [-0.4, -0.2) is 27.6 Å². The van der Waals surface area contributed by atoms with E-state index in [-0.39, 0.29) is 11.7 Å². The largest absolute Gasteiger partial charge is 0.337 e. The first-order valence-corrected chi connectivity index (χ1v) is 8.56. The van der Waals surface area contributed by atoms with E-state index >= 15 is 0 Å². The summed E-state index contributed by atoms with van der Waals surface area (Å²) in [5.41, 5.74) is 3.63. The molecule has 0 spiro atoms. The summed E-state index contributed by atoms with van der Waals surface area (Å²) in [5.74, 6) is -0.419. The number of benzene rings is 2. The van der Waals surface area contributed by atoms with Gasteiger partial charge in [-0.05, 0) is 55.8 Å². The van der Waals surface area contributed by atoms with Crippen LogP contribution in [-0.2, 0) is 6.54 Å². The van der Waals surface area contributed by atoms with Crippen molar-refractivity contribution in [3.8, 4) is 5.69 Å². The van der Waals surface area contributed by atoms with Crippen LogP contribution >= 0.6 is 11.6 Å². The van der Waals surface area contributed by atoms with E-state index in [2.05, 4.69) is 5.10 Å². The third-order valence-corrected chi connectivity index (χ3v) is 4.51. The van der Waals surface area contributed by atoms with Crippen LogP contribution in [0.5, 0.6) is 0 Å². The fourth-order valence-electron chi connectivity index (χ4n) is 2.91. The van der Waals surface area contributed by atoms with E-state index in [0.29, 0.717) is 28.5 Å². The van der Waals surface area contributed by atoms with Gasteiger partial charge in [0.1, 0.15) is 5.82 Å². The van der Waals surface area contributed by atoms with Crippen molar-refractivity contribution >= 4 is 17.5 Å². The molecule has 0 aliphatic carbocycles. The van der Waals surface area contributed by atoms with Gasteiger partial charge in [0, 0.05) is 18.6 Å². The van der Waals surface area contributed by atoms with Crippen molar-refractivity contribution in [1.29, 1.82) is 0 Å². The lowest BCUT2D eigenvalue weighted by atomic mass is 10.1. The van der Waals surface area contributed by atoms with Gasteiger partial charge in [0.05, 0.1) is 22.6 Å². The molecule has 3 aromatic rings. The molecule has 134 valence electrons. The standard InChI is InChI=1S/C20H19ClFN3O/c1-13-19(14(2)25(23-13)18-10-8-17(22)9-11-18)20(26)24(3)12-15-4-6-16(21)7-5-15/h4-11H,12H2,1-3H3. The van der Waals surface area contributed by atoms with Gasteiger partial charge in [-0.3, -0.25) is 4.79 Å². The zero-order chi connectivity index (χ0) is 18.8. The second kappa shape index (κ2) is 7.30. The lowest BCUT2D eigenvalue weighted by molar-refractivity contribution is 0.0783. The summed E-state index contributed by atoms with van der Waals surface area (Å²) in [6, 6.07) is 13.4. The number of carbonyl (C=O) groups excluding carboxylic acids is 1. The maximum Gasteiger partial charge on any atom is 0.257 e. The van der Waals surface area contributed by atoms with Crippen molar-refractivity contribution in [2.24, 2.45) is 0 Å². The van der Waals surface area contributed by atoms with Gasteiger partial charge in [-0.2, -0.15) is 5.10 Å². The second-order valence-electron chi connectivity index (χ2n) is 6.22. The van der Waals surface area contributed by atoms with Crippen molar-refractivity contribution in [3.63, 3.8) is 0 Å². The van der Waals surface area contributed by atoms with Gasteiger partial charge in [0.2, 0.25) is 0 Å². The van der Waals surface area contributed by atoms with Crippen LogP contribution in [0.25, 0.3) is 5.69 Å². The molecular formula is C20H19ClFN3O. The highest BCUT2D eigenvalue weighted by Crippen LogP contribution is 2.20. The predicted molar refractivity (Wildman–Crippen MR) is 100 cm³/mol. The fourth-order valence-corrected chi connectivity index (χ4v) is 3.04. The Balaban J connectivity index is 1.87. The van der Waals surface area contributed by atoms with Crippen LogP contribution in [0.2, 0.25) is 5.02 Å². The molecule has 3 rings (SSSR count). The van der Waals surface area contributed by atoms with Crippen molar-refractivity contribution < 1.29 is 9.18 Å². The van der Waals surface area contributed by atoms with Gasteiger partial charge < -0.3 is 4.90 Å². The molecule has 1 aromatic heterocycles. The first kappa shape index (κ1) is 18.1. The number of hydrogen-bond donors (Lipinski definition) is 0. The third kappa shape index (κ3) is 3.63. The minimum Gasteiger partial charge on any atom is -0.337 e. The lowest BCUT2D eigenvalue weighted by Crippen LogP contribution is -2.27. The summed E-state index contributed by atoms with van der Waals surface area (Å²) in [6.45, 7) is 4.11. The second-order valence-corrected chi connectivity index (χ2v) is 6.66. The van der Waals surface area contributed by atoms with Crippen LogP contribution in [0.1, 0.15) is 27.3 Å². The van der Waals surface area contributed by atoms with E-state index in [1.165, 1.54) is 12.1 Å². The first-order valence-electron chi connectivity index (χ1n) is 8.19. The smallest absolute Gasteiger partial charge is 0.257 e. The highest BCUT2D eigenvalue weighted by Gasteiger charge is 2.22. The SMILES string of the molecule is Cc1nn(-c2ccc(F)cc2)c(C)c1C(=O)N(C)Cc1ccc(Cl)cc1. The zero-order valence-electron chi connectivity index (χ0n) is 14.8. The van der Waals surface area contributed by atoms with Crippen LogP contribution in [0.15, 0.2) is 48.5 Å². The number of amides is 1. The average Bonchev–Trinajstić information content (AvgIpc) is 2.91. The summed E-state index contributed by atoms with van der Waals surface area (Å²) in [7, 11) is 1.76. The molecule has 0 atom stereocenters. The number of aromatic nitrogens is 2. The molecule has 2 aromatic carbocycles. The van der Waals surface area contributed by atoms with Crippen molar-refractivity contribution in [2.45, 2.75) is 20.4 Å². The van der Waals surface area contributed by atoms with E-state index in [9.17, 15) is 9.18 Å². The normalized spacial score (nSPS) is 10.8. The van der Waals surface area contributed by atoms with E-state index in [4.69, 9.17) is 11.6 Å². The molecule has 0 bridgehead atoms. The predicted octanol–water partition coefficient (Wildman–Crippen LogP) is 4.55. The van der Waals surface area contributed by atoms with E-state index in [1.807, 2.05) is 19.1 Å². The molecule has 26 heavy (non-hydrogen) atoms. The van der Waals surface area contributed by atoms with Gasteiger partial charge in [-0.15, -0.1) is 0 Å². The van der Waals surface area contributed by atoms with Crippen LogP contribution < -0.4 is 0 Å². The topological polar surface area (TPSA) is 38.1 Å². The molecule has 0 saturated heterocycles. The number of rotatable bonds is 4. The fraction of sp³-hybridized carbons (Fsp3) is 0.200. The third-order valence-electron chi connectivity index (χ3n) is 4.26. The van der Waals surface area contributed by atoms with Gasteiger partial charge >= 0.3 is 0 Å². The number of nitrogens with zero attached hydrogens (tertiary/aromatic N) is 3. The van der Waals surface area contributed by atoms with Crippen LogP contribution in [0.4, 0.5) is 4.39 Å². The average molecular weight is 372 g/mol.